The van der Waals surface area contributed by atoms with Crippen LogP contribution in [0.2, 0.25) is 0 Å². The topological polar surface area (TPSA) is 46.1 Å². The molecule has 4 nitrogen and oxygen atoms in total. The van der Waals surface area contributed by atoms with E-state index in [1.807, 2.05) is 25.1 Å². The number of carbonyl (C=O) groups is 1. The first kappa shape index (κ1) is 19.2. The Morgan fingerprint density at radius 3 is 2.35 bits per heavy atom. The highest BCUT2D eigenvalue weighted by molar-refractivity contribution is 5.70. The molecule has 114 valence electrons. The maximum atomic E-state index is 11.5. The third-order valence-electron chi connectivity index (χ3n) is 3.28. The van der Waals surface area contributed by atoms with Gasteiger partial charge in [0, 0.05) is 25.7 Å². The van der Waals surface area contributed by atoms with Gasteiger partial charge in [0.25, 0.3) is 0 Å². The second kappa shape index (κ2) is 9.18. The van der Waals surface area contributed by atoms with Gasteiger partial charge in [-0.2, -0.15) is 0 Å². The summed E-state index contributed by atoms with van der Waals surface area (Å²) in [5.74, 6) is 0.595. The number of benzene rings is 1. The second-order valence-electron chi connectivity index (χ2n) is 5.02. The van der Waals surface area contributed by atoms with Crippen molar-refractivity contribution in [2.24, 2.45) is 0 Å². The van der Waals surface area contributed by atoms with Crippen molar-refractivity contribution in [1.29, 1.82) is 0 Å². The van der Waals surface area contributed by atoms with Crippen LogP contribution in [0, 0.1) is 6.92 Å². The van der Waals surface area contributed by atoms with E-state index in [4.69, 9.17) is 4.74 Å². The number of carbonyl (C=O) groups excluding carboxylic acids is 1. The molecule has 2 N–H and O–H groups in total. The number of amides is 1. The number of rotatable bonds is 5. The Labute approximate surface area is 138 Å². The Kier molecular flexibility index (Phi) is 8.80. The molecule has 0 fully saturated rings. The van der Waals surface area contributed by atoms with Crippen LogP contribution in [-0.2, 0) is 0 Å². The van der Waals surface area contributed by atoms with Crippen LogP contribution in [0.15, 0.2) is 18.2 Å². The van der Waals surface area contributed by atoms with Crippen molar-refractivity contribution >= 4 is 11.8 Å². The van der Waals surface area contributed by atoms with Gasteiger partial charge in [-0.1, -0.05) is 13.8 Å². The average molecular weight is 392 g/mol. The van der Waals surface area contributed by atoms with Crippen LogP contribution in [0.1, 0.15) is 32.3 Å². The molecule has 1 rings (SSSR count). The molecule has 1 amide bonds. The van der Waals surface area contributed by atoms with E-state index in [1.165, 1.54) is 10.6 Å². The first-order valence-corrected chi connectivity index (χ1v) is 6.82. The molecule has 0 aliphatic carbocycles. The number of quaternary nitrogens is 1. The molecule has 0 bridgehead atoms. The number of hydrogen-bond acceptors (Lipinski definition) is 2. The lowest BCUT2D eigenvalue weighted by Crippen LogP contribution is -3.00. The Bertz CT molecular complexity index is 432. The van der Waals surface area contributed by atoms with E-state index in [0.717, 1.165) is 18.4 Å². The fourth-order valence-electron chi connectivity index (χ4n) is 1.87. The predicted molar refractivity (Wildman–Crippen MR) is 76.8 cm³/mol. The zero-order valence-electron chi connectivity index (χ0n) is 12.9. The van der Waals surface area contributed by atoms with E-state index in [9.17, 15) is 4.79 Å². The maximum absolute atomic E-state index is 11.5. The quantitative estimate of drug-likeness (QED) is 0.540. The monoisotopic (exact) mass is 392 g/mol. The Hall–Kier alpha value is -0.820. The molecule has 0 atom stereocenters. The Balaban J connectivity index is 0.00000361. The summed E-state index contributed by atoms with van der Waals surface area (Å²) in [6.45, 7) is 6.45. The minimum atomic E-state index is -0.351. The smallest absolute Gasteiger partial charge is 0.414 e. The molecule has 0 saturated carbocycles. The standard InChI is InChI=1S/C15H24N2O2.HI/c1-6-12(7-2)16-14-9-8-13(10-11(14)3)19-15(18)17(4)5;/h8-10,12,16H,6-7H2,1-5H3;1H. The summed E-state index contributed by atoms with van der Waals surface area (Å²) >= 11 is 0. The van der Waals surface area contributed by atoms with Gasteiger partial charge >= 0.3 is 6.09 Å². The number of halogens is 1. The molecule has 0 saturated heterocycles. The van der Waals surface area contributed by atoms with Gasteiger partial charge in [-0.05, 0) is 31.9 Å². The van der Waals surface area contributed by atoms with Gasteiger partial charge in [0.2, 0.25) is 0 Å². The van der Waals surface area contributed by atoms with Gasteiger partial charge in [-0.25, -0.2) is 4.79 Å². The number of ether oxygens (including phenoxy) is 1. The molecule has 1 aromatic carbocycles. The van der Waals surface area contributed by atoms with E-state index in [0.29, 0.717) is 11.8 Å². The first-order valence-electron chi connectivity index (χ1n) is 6.82. The molecule has 0 heterocycles. The van der Waals surface area contributed by atoms with Crippen molar-refractivity contribution in [3.05, 3.63) is 23.8 Å². The largest absolute Gasteiger partial charge is 1.00 e. The van der Waals surface area contributed by atoms with Crippen molar-refractivity contribution < 1.29 is 38.8 Å². The van der Waals surface area contributed by atoms with Crippen LogP contribution in [-0.4, -0.2) is 31.1 Å². The fourth-order valence-corrected chi connectivity index (χ4v) is 1.87. The molecule has 1 aromatic rings. The molecule has 0 spiro atoms. The number of aryl methyl sites for hydroxylation is 1. The lowest BCUT2D eigenvalue weighted by molar-refractivity contribution is -0.612. The molecule has 0 unspecified atom stereocenters. The van der Waals surface area contributed by atoms with E-state index in [1.54, 1.807) is 14.1 Å². The third-order valence-corrected chi connectivity index (χ3v) is 3.28. The molecule has 0 aliphatic rings. The number of nitrogens with zero attached hydrogens (tertiary/aromatic N) is 1. The van der Waals surface area contributed by atoms with Gasteiger partial charge in [0.15, 0.2) is 0 Å². The van der Waals surface area contributed by atoms with Crippen LogP contribution in [0.25, 0.3) is 0 Å². The van der Waals surface area contributed by atoms with E-state index in [2.05, 4.69) is 19.2 Å². The fraction of sp³-hybridized carbons (Fsp3) is 0.533. The zero-order chi connectivity index (χ0) is 14.4. The zero-order valence-corrected chi connectivity index (χ0v) is 15.1. The average Bonchev–Trinajstić information content (AvgIpc) is 2.37. The summed E-state index contributed by atoms with van der Waals surface area (Å²) in [6.07, 6.45) is 1.94. The van der Waals surface area contributed by atoms with Crippen LogP contribution in [0.3, 0.4) is 0 Å². The van der Waals surface area contributed by atoms with Gasteiger partial charge in [-0.3, -0.25) is 0 Å². The maximum Gasteiger partial charge on any atom is 0.414 e. The van der Waals surface area contributed by atoms with Gasteiger partial charge in [0.05, 0.1) is 6.04 Å². The lowest BCUT2D eigenvalue weighted by atomic mass is 10.1. The molecule has 5 heteroatoms. The van der Waals surface area contributed by atoms with Crippen LogP contribution >= 0.6 is 0 Å². The molecule has 0 radical (unpaired) electrons. The predicted octanol–water partition coefficient (Wildman–Crippen LogP) is -0.557. The normalized spacial score (nSPS) is 10.1. The second-order valence-corrected chi connectivity index (χ2v) is 5.02. The minimum absolute atomic E-state index is 0. The van der Waals surface area contributed by atoms with Crippen molar-refractivity contribution in [3.8, 4) is 5.75 Å². The highest BCUT2D eigenvalue weighted by Gasteiger charge is 2.12. The van der Waals surface area contributed by atoms with Crippen molar-refractivity contribution in [2.45, 2.75) is 39.7 Å². The molecular weight excluding hydrogens is 367 g/mol. The van der Waals surface area contributed by atoms with Gasteiger partial charge < -0.3 is 38.9 Å². The summed E-state index contributed by atoms with van der Waals surface area (Å²) in [7, 11) is 3.34. The molecule has 20 heavy (non-hydrogen) atoms. The molecular formula is C15H25IN2O2. The van der Waals surface area contributed by atoms with E-state index < -0.39 is 0 Å². The highest BCUT2D eigenvalue weighted by atomic mass is 127. The lowest BCUT2D eigenvalue weighted by Gasteiger charge is -2.14. The van der Waals surface area contributed by atoms with Gasteiger partial charge in [0.1, 0.15) is 11.4 Å². The van der Waals surface area contributed by atoms with E-state index >= 15 is 0 Å². The van der Waals surface area contributed by atoms with E-state index in [-0.39, 0.29) is 30.1 Å². The Morgan fingerprint density at radius 2 is 1.90 bits per heavy atom. The molecule has 0 aromatic heterocycles. The summed E-state index contributed by atoms with van der Waals surface area (Å²) in [6, 6.07) is 6.39. The van der Waals surface area contributed by atoms with Crippen LogP contribution in [0.5, 0.6) is 5.75 Å². The number of hydrogen-bond donors (Lipinski definition) is 1. The minimum Gasteiger partial charge on any atom is -1.00 e. The number of nitrogens with two attached hydrogens (primary N) is 1. The van der Waals surface area contributed by atoms with Crippen LogP contribution in [0.4, 0.5) is 10.5 Å². The van der Waals surface area contributed by atoms with Gasteiger partial charge in [-0.15, -0.1) is 0 Å². The highest BCUT2D eigenvalue weighted by Crippen LogP contribution is 2.19. The summed E-state index contributed by atoms with van der Waals surface area (Å²) in [5.41, 5.74) is 2.36. The first-order chi connectivity index (χ1) is 8.97. The SMILES string of the molecule is CCC(CC)[NH2+]c1ccc(OC(=O)N(C)C)cc1C.[I-]. The Morgan fingerprint density at radius 1 is 1.30 bits per heavy atom. The summed E-state index contributed by atoms with van der Waals surface area (Å²) in [4.78, 5) is 12.9. The van der Waals surface area contributed by atoms with Crippen molar-refractivity contribution in [3.63, 3.8) is 0 Å². The van der Waals surface area contributed by atoms with Crippen molar-refractivity contribution in [1.82, 2.24) is 4.90 Å². The van der Waals surface area contributed by atoms with Crippen molar-refractivity contribution in [2.75, 3.05) is 14.1 Å². The molecule has 0 aliphatic heterocycles. The summed E-state index contributed by atoms with van der Waals surface area (Å²) < 4.78 is 5.24. The van der Waals surface area contributed by atoms with Crippen LogP contribution < -0.4 is 34.0 Å². The third kappa shape index (κ3) is 5.66. The summed E-state index contributed by atoms with van der Waals surface area (Å²) in [5, 5.41) is 2.30.